The van der Waals surface area contributed by atoms with E-state index in [1.807, 2.05) is 31.2 Å². The maximum atomic E-state index is 12.1. The van der Waals surface area contributed by atoms with Crippen LogP contribution in [0.3, 0.4) is 0 Å². The molecule has 1 heterocycles. The molecule has 1 aromatic rings. The lowest BCUT2D eigenvalue weighted by molar-refractivity contribution is 0.339. The topological polar surface area (TPSA) is 70.7 Å². The second kappa shape index (κ2) is 7.03. The Morgan fingerprint density at radius 1 is 1.35 bits per heavy atom. The van der Waals surface area contributed by atoms with Gasteiger partial charge in [0, 0.05) is 32.7 Å². The number of hydrogen-bond acceptors (Lipinski definition) is 4. The first kappa shape index (κ1) is 15.2. The molecule has 0 saturated carbocycles. The summed E-state index contributed by atoms with van der Waals surface area (Å²) in [5, 5.41) is 3.13. The lowest BCUT2D eigenvalue weighted by Crippen LogP contribution is -2.50. The highest BCUT2D eigenvalue weighted by atomic mass is 32.2. The van der Waals surface area contributed by atoms with Gasteiger partial charge in [-0.15, -0.1) is 0 Å². The molecule has 1 aromatic carbocycles. The van der Waals surface area contributed by atoms with Crippen molar-refractivity contribution in [1.82, 2.24) is 14.3 Å². The molecule has 112 valence electrons. The normalized spacial score (nSPS) is 17.1. The van der Waals surface area contributed by atoms with Crippen molar-refractivity contribution in [2.75, 3.05) is 32.8 Å². The van der Waals surface area contributed by atoms with Crippen molar-refractivity contribution in [3.8, 4) is 5.75 Å². The van der Waals surface area contributed by atoms with Crippen LogP contribution in [0.2, 0.25) is 0 Å². The number of hydrogen-bond donors (Lipinski definition) is 2. The zero-order valence-corrected chi connectivity index (χ0v) is 12.4. The summed E-state index contributed by atoms with van der Waals surface area (Å²) in [6.07, 6.45) is 0. The van der Waals surface area contributed by atoms with Gasteiger partial charge in [0.1, 0.15) is 5.75 Å². The highest BCUT2D eigenvalue weighted by molar-refractivity contribution is 7.87. The third-order valence-corrected chi connectivity index (χ3v) is 4.64. The molecular weight excluding hydrogens is 278 g/mol. The first-order valence-corrected chi connectivity index (χ1v) is 8.23. The van der Waals surface area contributed by atoms with Crippen molar-refractivity contribution in [1.29, 1.82) is 0 Å². The summed E-state index contributed by atoms with van der Waals surface area (Å²) in [6, 6.07) is 7.45. The van der Waals surface area contributed by atoms with E-state index in [1.54, 1.807) is 0 Å². The third-order valence-electron chi connectivity index (χ3n) is 3.08. The Balaban J connectivity index is 1.95. The highest BCUT2D eigenvalue weighted by Crippen LogP contribution is 2.13. The van der Waals surface area contributed by atoms with Crippen LogP contribution in [0.5, 0.6) is 5.75 Å². The van der Waals surface area contributed by atoms with Crippen LogP contribution in [-0.2, 0) is 16.8 Å². The third kappa shape index (κ3) is 4.17. The number of nitrogens with one attached hydrogen (secondary N) is 2. The van der Waals surface area contributed by atoms with Gasteiger partial charge < -0.3 is 10.1 Å². The number of benzene rings is 1. The molecular formula is C13H21N3O3S. The minimum Gasteiger partial charge on any atom is -0.494 e. The molecule has 0 spiro atoms. The zero-order valence-electron chi connectivity index (χ0n) is 11.6. The minimum absolute atomic E-state index is 0.271. The predicted molar refractivity (Wildman–Crippen MR) is 77.8 cm³/mol. The van der Waals surface area contributed by atoms with E-state index in [0.717, 1.165) is 11.3 Å². The largest absolute Gasteiger partial charge is 0.494 e. The van der Waals surface area contributed by atoms with Crippen molar-refractivity contribution in [2.45, 2.75) is 13.5 Å². The number of piperazine rings is 1. The monoisotopic (exact) mass is 299 g/mol. The van der Waals surface area contributed by atoms with Crippen LogP contribution in [0.4, 0.5) is 0 Å². The molecule has 6 nitrogen and oxygen atoms in total. The van der Waals surface area contributed by atoms with Crippen LogP contribution < -0.4 is 14.8 Å². The van der Waals surface area contributed by atoms with Crippen molar-refractivity contribution in [3.05, 3.63) is 29.8 Å². The van der Waals surface area contributed by atoms with Crippen molar-refractivity contribution < 1.29 is 13.2 Å². The van der Waals surface area contributed by atoms with Gasteiger partial charge >= 0.3 is 0 Å². The molecule has 0 aromatic heterocycles. The maximum Gasteiger partial charge on any atom is 0.279 e. The minimum atomic E-state index is -3.40. The molecule has 0 bridgehead atoms. The molecule has 1 aliphatic rings. The molecule has 0 atom stereocenters. The Hall–Kier alpha value is -1.15. The van der Waals surface area contributed by atoms with Gasteiger partial charge in [0.15, 0.2) is 0 Å². The molecule has 1 aliphatic heterocycles. The summed E-state index contributed by atoms with van der Waals surface area (Å²) < 4.78 is 33.7. The summed E-state index contributed by atoms with van der Waals surface area (Å²) in [5.41, 5.74) is 0.884. The molecule has 2 N–H and O–H groups in total. The summed E-state index contributed by atoms with van der Waals surface area (Å²) in [4.78, 5) is 0. The van der Waals surface area contributed by atoms with E-state index in [9.17, 15) is 8.42 Å². The molecule has 1 saturated heterocycles. The second-order valence-corrected chi connectivity index (χ2v) is 6.31. The number of ether oxygens (including phenoxy) is 1. The average molecular weight is 299 g/mol. The Morgan fingerprint density at radius 3 is 2.80 bits per heavy atom. The first-order chi connectivity index (χ1) is 9.62. The lowest BCUT2D eigenvalue weighted by atomic mass is 10.2. The van der Waals surface area contributed by atoms with E-state index in [2.05, 4.69) is 10.0 Å². The molecule has 0 unspecified atom stereocenters. The summed E-state index contributed by atoms with van der Waals surface area (Å²) in [6.45, 7) is 5.19. The molecule has 0 aliphatic carbocycles. The number of nitrogens with zero attached hydrogens (tertiary/aromatic N) is 1. The molecule has 20 heavy (non-hydrogen) atoms. The quantitative estimate of drug-likeness (QED) is 0.794. The molecule has 1 fully saturated rings. The van der Waals surface area contributed by atoms with Crippen LogP contribution in [-0.4, -0.2) is 45.5 Å². The Kier molecular flexibility index (Phi) is 5.36. The van der Waals surface area contributed by atoms with Gasteiger partial charge in [-0.1, -0.05) is 12.1 Å². The van der Waals surface area contributed by atoms with E-state index in [-0.39, 0.29) is 6.54 Å². The van der Waals surface area contributed by atoms with Crippen molar-refractivity contribution in [3.63, 3.8) is 0 Å². The van der Waals surface area contributed by atoms with Gasteiger partial charge in [0.25, 0.3) is 10.2 Å². The van der Waals surface area contributed by atoms with Crippen molar-refractivity contribution >= 4 is 10.2 Å². The Labute approximate surface area is 120 Å². The van der Waals surface area contributed by atoms with E-state index >= 15 is 0 Å². The smallest absolute Gasteiger partial charge is 0.279 e. The van der Waals surface area contributed by atoms with Gasteiger partial charge in [0.2, 0.25) is 0 Å². The summed E-state index contributed by atoms with van der Waals surface area (Å²) in [7, 11) is -3.40. The second-order valence-electron chi connectivity index (χ2n) is 4.56. The van der Waals surface area contributed by atoms with Gasteiger partial charge in [-0.05, 0) is 24.6 Å². The first-order valence-electron chi connectivity index (χ1n) is 6.79. The Morgan fingerprint density at radius 2 is 2.10 bits per heavy atom. The molecule has 7 heteroatoms. The van der Waals surface area contributed by atoms with Gasteiger partial charge in [-0.3, -0.25) is 0 Å². The standard InChI is InChI=1S/C13H21N3O3S/c1-2-19-13-5-3-4-12(10-13)11-15-20(17,18)16-8-6-14-7-9-16/h3-5,10,14-15H,2,6-9,11H2,1H3. The van der Waals surface area contributed by atoms with E-state index in [0.29, 0.717) is 32.8 Å². The van der Waals surface area contributed by atoms with Crippen LogP contribution >= 0.6 is 0 Å². The molecule has 0 radical (unpaired) electrons. The van der Waals surface area contributed by atoms with E-state index in [1.165, 1.54) is 4.31 Å². The van der Waals surface area contributed by atoms with Crippen LogP contribution in [0.15, 0.2) is 24.3 Å². The Bertz CT molecular complexity index is 527. The van der Waals surface area contributed by atoms with Crippen LogP contribution in [0.25, 0.3) is 0 Å². The predicted octanol–water partition coefficient (Wildman–Crippen LogP) is 0.325. The fraction of sp³-hybridized carbons (Fsp3) is 0.538. The zero-order chi connectivity index (χ0) is 14.4. The SMILES string of the molecule is CCOc1cccc(CNS(=O)(=O)N2CCNCC2)c1. The van der Waals surface area contributed by atoms with E-state index in [4.69, 9.17) is 4.74 Å². The summed E-state index contributed by atoms with van der Waals surface area (Å²) >= 11 is 0. The fourth-order valence-electron chi connectivity index (χ4n) is 2.06. The van der Waals surface area contributed by atoms with Crippen LogP contribution in [0.1, 0.15) is 12.5 Å². The fourth-order valence-corrected chi connectivity index (χ4v) is 3.26. The maximum absolute atomic E-state index is 12.1. The van der Waals surface area contributed by atoms with Crippen LogP contribution in [0, 0.1) is 0 Å². The molecule has 2 rings (SSSR count). The summed E-state index contributed by atoms with van der Waals surface area (Å²) in [5.74, 6) is 0.756. The van der Waals surface area contributed by atoms with Gasteiger partial charge in [-0.25, -0.2) is 0 Å². The van der Waals surface area contributed by atoms with Crippen molar-refractivity contribution in [2.24, 2.45) is 0 Å². The highest BCUT2D eigenvalue weighted by Gasteiger charge is 2.22. The lowest BCUT2D eigenvalue weighted by Gasteiger charge is -2.26. The molecule has 0 amide bonds. The van der Waals surface area contributed by atoms with Gasteiger partial charge in [0.05, 0.1) is 6.61 Å². The van der Waals surface area contributed by atoms with E-state index < -0.39 is 10.2 Å². The van der Waals surface area contributed by atoms with Gasteiger partial charge in [-0.2, -0.15) is 17.4 Å². The average Bonchev–Trinajstić information content (AvgIpc) is 2.47. The number of rotatable bonds is 6.